The molecule has 1 saturated heterocycles. The predicted molar refractivity (Wildman–Crippen MR) is 114 cm³/mol. The molecule has 1 fully saturated rings. The van der Waals surface area contributed by atoms with Gasteiger partial charge in [-0.2, -0.15) is 0 Å². The molecule has 28 heavy (non-hydrogen) atoms. The molecule has 1 amide bonds. The molecule has 2 aromatic rings. The molecule has 152 valence electrons. The maximum Gasteiger partial charge on any atom is 0.233 e. The first-order valence-electron chi connectivity index (χ1n) is 9.68. The zero-order valence-corrected chi connectivity index (χ0v) is 18.5. The number of halogens is 1. The number of nitrogens with zero attached hydrogens (tertiary/aromatic N) is 5. The molecular formula is C20H28ClN5OS. The summed E-state index contributed by atoms with van der Waals surface area (Å²) < 4.78 is 2.03. The second-order valence-electron chi connectivity index (χ2n) is 7.51. The fraction of sp³-hybridized carbons (Fsp3) is 0.550. The van der Waals surface area contributed by atoms with Crippen LogP contribution >= 0.6 is 23.4 Å². The molecule has 0 radical (unpaired) electrons. The van der Waals surface area contributed by atoms with Crippen molar-refractivity contribution in [1.82, 2.24) is 24.6 Å². The average Bonchev–Trinajstić information content (AvgIpc) is 3.10. The molecular weight excluding hydrogens is 394 g/mol. The van der Waals surface area contributed by atoms with E-state index in [4.69, 9.17) is 11.6 Å². The summed E-state index contributed by atoms with van der Waals surface area (Å²) in [6.45, 7) is 5.08. The standard InChI is InChI=1S/C20H28ClN5OS/c1-14-7-5-6-12-25(14)18(27)13-28-20-23-22-19(15(2)24(3)4)26(20)17-10-8-16(21)9-11-17/h8-11,14-15H,5-7,12-13H2,1-4H3/t14-,15+/m1/s1. The lowest BCUT2D eigenvalue weighted by Gasteiger charge is -2.33. The van der Waals surface area contributed by atoms with E-state index in [1.807, 2.05) is 47.8 Å². The van der Waals surface area contributed by atoms with Crippen LogP contribution in [0.4, 0.5) is 0 Å². The molecule has 1 aliphatic heterocycles. The Bertz CT molecular complexity index is 807. The third-order valence-corrected chi connectivity index (χ3v) is 6.51. The number of benzene rings is 1. The van der Waals surface area contributed by atoms with Gasteiger partial charge in [-0.1, -0.05) is 23.4 Å². The van der Waals surface area contributed by atoms with E-state index in [0.717, 1.165) is 36.1 Å². The van der Waals surface area contributed by atoms with Crippen LogP contribution in [0.25, 0.3) is 5.69 Å². The lowest BCUT2D eigenvalue weighted by Crippen LogP contribution is -2.43. The third kappa shape index (κ3) is 4.70. The van der Waals surface area contributed by atoms with Crippen LogP contribution in [0, 0.1) is 0 Å². The van der Waals surface area contributed by atoms with Crippen LogP contribution in [0.3, 0.4) is 0 Å². The first-order valence-corrected chi connectivity index (χ1v) is 11.0. The fourth-order valence-electron chi connectivity index (χ4n) is 3.39. The summed E-state index contributed by atoms with van der Waals surface area (Å²) in [6.07, 6.45) is 3.38. The van der Waals surface area contributed by atoms with E-state index < -0.39 is 0 Å². The summed E-state index contributed by atoms with van der Waals surface area (Å²) in [6, 6.07) is 8.02. The van der Waals surface area contributed by atoms with Crippen LogP contribution < -0.4 is 0 Å². The summed E-state index contributed by atoms with van der Waals surface area (Å²) >= 11 is 7.51. The first-order chi connectivity index (χ1) is 13.4. The normalized spacial score (nSPS) is 18.5. The van der Waals surface area contributed by atoms with Crippen molar-refractivity contribution < 1.29 is 4.79 Å². The van der Waals surface area contributed by atoms with E-state index in [1.165, 1.54) is 18.2 Å². The number of amides is 1. The van der Waals surface area contributed by atoms with E-state index in [9.17, 15) is 4.79 Å². The lowest BCUT2D eigenvalue weighted by molar-refractivity contribution is -0.131. The molecule has 2 atom stereocenters. The van der Waals surface area contributed by atoms with Gasteiger partial charge < -0.3 is 4.90 Å². The Morgan fingerprint density at radius 1 is 1.29 bits per heavy atom. The van der Waals surface area contributed by atoms with Crippen molar-refractivity contribution in [1.29, 1.82) is 0 Å². The summed E-state index contributed by atoms with van der Waals surface area (Å²) in [5.74, 6) is 1.38. The van der Waals surface area contributed by atoms with Gasteiger partial charge in [0.1, 0.15) is 0 Å². The number of likely N-dealkylation sites (tertiary alicyclic amines) is 1. The molecule has 0 saturated carbocycles. The molecule has 1 aliphatic rings. The van der Waals surface area contributed by atoms with Gasteiger partial charge in [0.25, 0.3) is 0 Å². The summed E-state index contributed by atoms with van der Waals surface area (Å²) in [7, 11) is 4.03. The molecule has 0 bridgehead atoms. The number of aromatic nitrogens is 3. The van der Waals surface area contributed by atoms with Gasteiger partial charge in [0.15, 0.2) is 11.0 Å². The highest BCUT2D eigenvalue weighted by Gasteiger charge is 2.25. The van der Waals surface area contributed by atoms with E-state index in [2.05, 4.69) is 28.9 Å². The Labute approximate surface area is 176 Å². The van der Waals surface area contributed by atoms with Crippen LogP contribution in [0.15, 0.2) is 29.4 Å². The molecule has 0 N–H and O–H groups in total. The number of rotatable bonds is 6. The molecule has 2 heterocycles. The van der Waals surface area contributed by atoms with Gasteiger partial charge in [-0.05, 0) is 71.5 Å². The Morgan fingerprint density at radius 3 is 2.64 bits per heavy atom. The molecule has 1 aromatic heterocycles. The Kier molecular flexibility index (Phi) is 7.01. The highest BCUT2D eigenvalue weighted by Crippen LogP contribution is 2.28. The van der Waals surface area contributed by atoms with Crippen LogP contribution in [0.2, 0.25) is 5.02 Å². The maximum atomic E-state index is 12.7. The summed E-state index contributed by atoms with van der Waals surface area (Å²) in [5.41, 5.74) is 0.944. The van der Waals surface area contributed by atoms with Crippen LogP contribution in [0.1, 0.15) is 45.0 Å². The van der Waals surface area contributed by atoms with Crippen LogP contribution in [0.5, 0.6) is 0 Å². The molecule has 1 aromatic carbocycles. The number of hydrogen-bond acceptors (Lipinski definition) is 5. The van der Waals surface area contributed by atoms with Crippen molar-refractivity contribution in [3.8, 4) is 5.69 Å². The van der Waals surface area contributed by atoms with Crippen molar-refractivity contribution in [3.05, 3.63) is 35.1 Å². The van der Waals surface area contributed by atoms with E-state index in [1.54, 1.807) is 0 Å². The lowest BCUT2D eigenvalue weighted by atomic mass is 10.0. The quantitative estimate of drug-likeness (QED) is 0.659. The zero-order valence-electron chi connectivity index (χ0n) is 16.9. The Balaban J connectivity index is 1.84. The minimum atomic E-state index is 0.0790. The minimum Gasteiger partial charge on any atom is -0.339 e. The largest absolute Gasteiger partial charge is 0.339 e. The van der Waals surface area contributed by atoms with Crippen molar-refractivity contribution in [2.45, 2.75) is 50.4 Å². The number of piperidine rings is 1. The minimum absolute atomic E-state index is 0.0790. The Hall–Kier alpha value is -1.57. The molecule has 6 nitrogen and oxygen atoms in total. The third-order valence-electron chi connectivity index (χ3n) is 5.34. The highest BCUT2D eigenvalue weighted by atomic mass is 35.5. The molecule has 0 unspecified atom stereocenters. The monoisotopic (exact) mass is 421 g/mol. The van der Waals surface area contributed by atoms with Crippen LogP contribution in [-0.4, -0.2) is 62.9 Å². The second-order valence-corrected chi connectivity index (χ2v) is 8.89. The van der Waals surface area contributed by atoms with E-state index in [0.29, 0.717) is 16.8 Å². The number of carbonyl (C=O) groups excluding carboxylic acids is 1. The van der Waals surface area contributed by atoms with Crippen molar-refractivity contribution >= 4 is 29.3 Å². The fourth-order valence-corrected chi connectivity index (χ4v) is 4.36. The van der Waals surface area contributed by atoms with E-state index in [-0.39, 0.29) is 11.9 Å². The topological polar surface area (TPSA) is 54.3 Å². The van der Waals surface area contributed by atoms with Gasteiger partial charge >= 0.3 is 0 Å². The van der Waals surface area contributed by atoms with Crippen molar-refractivity contribution in [2.24, 2.45) is 0 Å². The number of hydrogen-bond donors (Lipinski definition) is 0. The van der Waals surface area contributed by atoms with Gasteiger partial charge in [0.05, 0.1) is 11.8 Å². The summed E-state index contributed by atoms with van der Waals surface area (Å²) in [5, 5.41) is 10.2. The van der Waals surface area contributed by atoms with Gasteiger partial charge in [-0.15, -0.1) is 10.2 Å². The van der Waals surface area contributed by atoms with Gasteiger partial charge in [0, 0.05) is 23.3 Å². The van der Waals surface area contributed by atoms with Gasteiger partial charge in [0.2, 0.25) is 5.91 Å². The van der Waals surface area contributed by atoms with Crippen LogP contribution in [-0.2, 0) is 4.79 Å². The molecule has 0 aliphatic carbocycles. The van der Waals surface area contributed by atoms with Gasteiger partial charge in [-0.3, -0.25) is 14.3 Å². The summed E-state index contributed by atoms with van der Waals surface area (Å²) in [4.78, 5) is 16.8. The smallest absolute Gasteiger partial charge is 0.233 e. The Morgan fingerprint density at radius 2 is 2.00 bits per heavy atom. The van der Waals surface area contributed by atoms with E-state index >= 15 is 0 Å². The van der Waals surface area contributed by atoms with Crippen molar-refractivity contribution in [3.63, 3.8) is 0 Å². The zero-order chi connectivity index (χ0) is 20.3. The highest BCUT2D eigenvalue weighted by molar-refractivity contribution is 7.99. The SMILES string of the molecule is C[C@@H]1CCCCN1C(=O)CSc1nnc([C@H](C)N(C)C)n1-c1ccc(Cl)cc1. The molecule has 3 rings (SSSR count). The average molecular weight is 422 g/mol. The predicted octanol–water partition coefficient (Wildman–Crippen LogP) is 4.04. The van der Waals surface area contributed by atoms with Crippen molar-refractivity contribution in [2.75, 3.05) is 26.4 Å². The first kappa shape index (κ1) is 21.1. The number of thioether (sulfide) groups is 1. The molecule has 8 heteroatoms. The second kappa shape index (κ2) is 9.29. The van der Waals surface area contributed by atoms with Gasteiger partial charge in [-0.25, -0.2) is 0 Å². The molecule has 0 spiro atoms. The maximum absolute atomic E-state index is 12.7. The number of carbonyl (C=O) groups is 1.